The Balaban J connectivity index is 1.05. The van der Waals surface area contributed by atoms with Crippen LogP contribution in [0.5, 0.6) is 0 Å². The molecule has 5 saturated carbocycles. The second-order valence-electron chi connectivity index (χ2n) is 13.4. The highest BCUT2D eigenvalue weighted by molar-refractivity contribution is 5.96. The Kier molecular flexibility index (Phi) is 5.61. The SMILES string of the molecule is C[C@]12CC3CC(NC(=O)Nc4ccc(C(=O)N5CCCC(C(=O)NC6CC6)C5)cc4)(C1)C[C@@](C)(C3)C2. The smallest absolute Gasteiger partial charge is 0.319 e. The molecule has 3 unspecified atom stereocenters. The van der Waals surface area contributed by atoms with Gasteiger partial charge in [-0.25, -0.2) is 4.79 Å². The molecule has 1 saturated heterocycles. The molecule has 6 fully saturated rings. The molecule has 5 aliphatic carbocycles. The predicted molar refractivity (Wildman–Crippen MR) is 139 cm³/mol. The predicted octanol–water partition coefficient (Wildman–Crippen LogP) is 4.69. The number of hydrogen-bond donors (Lipinski definition) is 3. The minimum Gasteiger partial charge on any atom is -0.353 e. The number of piperidine rings is 1. The van der Waals surface area contributed by atoms with Gasteiger partial charge in [-0.1, -0.05) is 13.8 Å². The molecule has 5 atom stereocenters. The van der Waals surface area contributed by atoms with Crippen molar-refractivity contribution in [3.8, 4) is 0 Å². The minimum atomic E-state index is -0.149. The van der Waals surface area contributed by atoms with Gasteiger partial charge in [0.15, 0.2) is 0 Å². The largest absolute Gasteiger partial charge is 0.353 e. The van der Waals surface area contributed by atoms with Crippen LogP contribution in [-0.2, 0) is 4.79 Å². The zero-order chi connectivity index (χ0) is 25.1. The summed E-state index contributed by atoms with van der Waals surface area (Å²) in [5, 5.41) is 9.46. The Morgan fingerprint density at radius 1 is 0.917 bits per heavy atom. The molecule has 7 heteroatoms. The quantitative estimate of drug-likeness (QED) is 0.557. The van der Waals surface area contributed by atoms with Crippen LogP contribution in [0, 0.1) is 22.7 Å². The minimum absolute atomic E-state index is 0.0509. The monoisotopic (exact) mass is 492 g/mol. The molecule has 3 N–H and O–H groups in total. The van der Waals surface area contributed by atoms with Crippen molar-refractivity contribution in [1.29, 1.82) is 0 Å². The zero-order valence-corrected chi connectivity index (χ0v) is 21.7. The second kappa shape index (κ2) is 8.49. The fraction of sp³-hybridized carbons (Fsp3) is 0.690. The second-order valence-corrected chi connectivity index (χ2v) is 13.4. The van der Waals surface area contributed by atoms with Crippen LogP contribution >= 0.6 is 0 Å². The van der Waals surface area contributed by atoms with Crippen LogP contribution in [0.3, 0.4) is 0 Å². The van der Waals surface area contributed by atoms with Gasteiger partial charge >= 0.3 is 6.03 Å². The van der Waals surface area contributed by atoms with E-state index in [1.165, 1.54) is 19.3 Å². The van der Waals surface area contributed by atoms with Gasteiger partial charge in [-0.3, -0.25) is 9.59 Å². The Morgan fingerprint density at radius 2 is 1.61 bits per heavy atom. The Labute approximate surface area is 214 Å². The number of anilines is 1. The molecule has 7 nitrogen and oxygen atoms in total. The third-order valence-electron chi connectivity index (χ3n) is 9.40. The van der Waals surface area contributed by atoms with Gasteiger partial charge in [-0.15, -0.1) is 0 Å². The van der Waals surface area contributed by atoms with E-state index < -0.39 is 0 Å². The zero-order valence-electron chi connectivity index (χ0n) is 21.7. The van der Waals surface area contributed by atoms with Crippen LogP contribution in [0.25, 0.3) is 0 Å². The van der Waals surface area contributed by atoms with E-state index in [1.54, 1.807) is 29.2 Å². The van der Waals surface area contributed by atoms with E-state index in [0.717, 1.165) is 50.9 Å². The van der Waals surface area contributed by atoms with Gasteiger partial charge in [-0.2, -0.15) is 0 Å². The van der Waals surface area contributed by atoms with Crippen molar-refractivity contribution >= 4 is 23.5 Å². The van der Waals surface area contributed by atoms with E-state index in [1.807, 2.05) is 0 Å². The van der Waals surface area contributed by atoms with Crippen LogP contribution in [0.4, 0.5) is 10.5 Å². The summed E-state index contributed by atoms with van der Waals surface area (Å²) in [6.07, 6.45) is 10.9. The van der Waals surface area contributed by atoms with Gasteiger partial charge in [0, 0.05) is 35.9 Å². The molecule has 1 aromatic rings. The fourth-order valence-corrected chi connectivity index (χ4v) is 8.79. The standard InChI is InChI=1S/C29H40N4O3/c1-27-12-19-13-28(2,16-27)18-29(14-19,17-27)32-26(36)31-23-7-5-20(6-8-23)25(35)33-11-3-4-21(15-33)24(34)30-22-9-10-22/h5-8,19,21-22H,3-4,9-18H2,1-2H3,(H,30,34)(H2,31,32,36)/t19?,21?,27-,28+,29?. The summed E-state index contributed by atoms with van der Waals surface area (Å²) >= 11 is 0. The molecule has 1 heterocycles. The maximum absolute atomic E-state index is 13.1. The topological polar surface area (TPSA) is 90.5 Å². The van der Waals surface area contributed by atoms with Crippen LogP contribution in [0.15, 0.2) is 24.3 Å². The van der Waals surface area contributed by atoms with Gasteiger partial charge in [0.05, 0.1) is 5.92 Å². The highest BCUT2D eigenvalue weighted by Crippen LogP contribution is 2.66. The third kappa shape index (κ3) is 4.73. The Hall–Kier alpha value is -2.57. The number of amides is 4. The molecule has 6 aliphatic rings. The number of carbonyl (C=O) groups excluding carboxylic acids is 3. The number of carbonyl (C=O) groups is 3. The molecule has 1 aliphatic heterocycles. The van der Waals surface area contributed by atoms with Gasteiger partial charge in [0.2, 0.25) is 5.91 Å². The lowest BCUT2D eigenvalue weighted by atomic mass is 9.43. The summed E-state index contributed by atoms with van der Waals surface area (Å²) in [4.78, 5) is 40.4. The molecule has 194 valence electrons. The van der Waals surface area contributed by atoms with Crippen molar-refractivity contribution in [2.24, 2.45) is 22.7 Å². The summed E-state index contributed by atoms with van der Waals surface area (Å²) < 4.78 is 0. The number of hydrogen-bond acceptors (Lipinski definition) is 3. The number of urea groups is 1. The average molecular weight is 493 g/mol. The summed E-state index contributed by atoms with van der Waals surface area (Å²) in [7, 11) is 0. The van der Waals surface area contributed by atoms with E-state index in [2.05, 4.69) is 29.8 Å². The first-order valence-electron chi connectivity index (χ1n) is 13.9. The van der Waals surface area contributed by atoms with Crippen molar-refractivity contribution < 1.29 is 14.4 Å². The number of rotatable bonds is 5. The third-order valence-corrected chi connectivity index (χ3v) is 9.40. The van der Waals surface area contributed by atoms with Gasteiger partial charge in [0.1, 0.15) is 0 Å². The maximum Gasteiger partial charge on any atom is 0.319 e. The van der Waals surface area contributed by atoms with Crippen LogP contribution in [0.1, 0.15) is 88.4 Å². The normalized spacial score (nSPS) is 36.9. The number of nitrogens with zero attached hydrogens (tertiary/aromatic N) is 1. The first-order valence-corrected chi connectivity index (χ1v) is 13.9. The van der Waals surface area contributed by atoms with Gasteiger partial charge in [-0.05, 0) is 105 Å². The van der Waals surface area contributed by atoms with Gasteiger partial charge in [0.25, 0.3) is 5.91 Å². The van der Waals surface area contributed by atoms with Gasteiger partial charge < -0.3 is 20.9 Å². The van der Waals surface area contributed by atoms with Crippen molar-refractivity contribution in [2.75, 3.05) is 18.4 Å². The van der Waals surface area contributed by atoms with Crippen LogP contribution < -0.4 is 16.0 Å². The van der Waals surface area contributed by atoms with Crippen LogP contribution in [-0.4, -0.2) is 47.4 Å². The van der Waals surface area contributed by atoms with E-state index in [9.17, 15) is 14.4 Å². The maximum atomic E-state index is 13.1. The molecule has 0 radical (unpaired) electrons. The molecule has 0 aromatic heterocycles. The molecule has 4 bridgehead atoms. The number of likely N-dealkylation sites (tertiary alicyclic amines) is 1. The van der Waals surface area contributed by atoms with Crippen molar-refractivity contribution in [2.45, 2.75) is 89.6 Å². The molecule has 0 spiro atoms. The molecule has 4 amide bonds. The lowest BCUT2D eigenvalue weighted by molar-refractivity contribution is -0.126. The number of benzene rings is 1. The summed E-state index contributed by atoms with van der Waals surface area (Å²) in [5.41, 5.74) is 1.86. The Morgan fingerprint density at radius 3 is 2.25 bits per heavy atom. The molecule has 7 rings (SSSR count). The highest BCUT2D eigenvalue weighted by Gasteiger charge is 2.60. The molecular formula is C29H40N4O3. The Bertz CT molecular complexity index is 1050. The molecular weight excluding hydrogens is 452 g/mol. The number of nitrogens with one attached hydrogen (secondary N) is 3. The van der Waals surface area contributed by atoms with Crippen molar-refractivity contribution in [1.82, 2.24) is 15.5 Å². The lowest BCUT2D eigenvalue weighted by Crippen LogP contribution is -2.65. The molecule has 36 heavy (non-hydrogen) atoms. The van der Waals surface area contributed by atoms with E-state index in [0.29, 0.717) is 41.2 Å². The lowest BCUT2D eigenvalue weighted by Gasteiger charge is -2.65. The summed E-state index contributed by atoms with van der Waals surface area (Å²) in [5.74, 6) is 0.630. The summed E-state index contributed by atoms with van der Waals surface area (Å²) in [6, 6.07) is 7.35. The first kappa shape index (κ1) is 23.8. The van der Waals surface area contributed by atoms with Crippen molar-refractivity contribution in [3.63, 3.8) is 0 Å². The average Bonchev–Trinajstić information content (AvgIpc) is 3.60. The van der Waals surface area contributed by atoms with Crippen LogP contribution in [0.2, 0.25) is 0 Å². The van der Waals surface area contributed by atoms with Crippen molar-refractivity contribution in [3.05, 3.63) is 29.8 Å². The highest BCUT2D eigenvalue weighted by atomic mass is 16.2. The fourth-order valence-electron chi connectivity index (χ4n) is 8.79. The van der Waals surface area contributed by atoms with E-state index >= 15 is 0 Å². The molecule has 1 aromatic carbocycles. The van der Waals surface area contributed by atoms with E-state index in [4.69, 9.17) is 0 Å². The first-order chi connectivity index (χ1) is 17.1. The van der Waals surface area contributed by atoms with E-state index in [-0.39, 0.29) is 29.3 Å². The summed E-state index contributed by atoms with van der Waals surface area (Å²) in [6.45, 7) is 5.96.